The van der Waals surface area contributed by atoms with E-state index in [0.29, 0.717) is 33.0 Å². The van der Waals surface area contributed by atoms with Crippen LogP contribution in [0, 0.1) is 11.8 Å². The fourth-order valence-corrected chi connectivity index (χ4v) is 1.01. The van der Waals surface area contributed by atoms with Crippen molar-refractivity contribution in [2.24, 2.45) is 0 Å². The summed E-state index contributed by atoms with van der Waals surface area (Å²) in [5.74, 6) is 5.85. The van der Waals surface area contributed by atoms with E-state index in [-0.39, 0.29) is 0 Å². The molecule has 0 aliphatic rings. The van der Waals surface area contributed by atoms with E-state index >= 15 is 0 Å². The van der Waals surface area contributed by atoms with Crippen LogP contribution in [0.15, 0.2) is 0 Å². The molecule has 0 radical (unpaired) electrons. The Morgan fingerprint density at radius 3 is 2.31 bits per heavy atom. The molecule has 16 heavy (non-hydrogen) atoms. The van der Waals surface area contributed by atoms with Crippen LogP contribution in [-0.2, 0) is 14.2 Å². The van der Waals surface area contributed by atoms with Crippen molar-refractivity contribution in [3.63, 3.8) is 0 Å². The minimum Gasteiger partial charge on any atom is -0.382 e. The third-order valence-corrected chi connectivity index (χ3v) is 1.83. The zero-order chi connectivity index (χ0) is 11.9. The molecule has 4 nitrogen and oxygen atoms in total. The van der Waals surface area contributed by atoms with Crippen LogP contribution in [-0.4, -0.2) is 53.2 Å². The van der Waals surface area contributed by atoms with Crippen molar-refractivity contribution in [1.82, 2.24) is 5.32 Å². The molecule has 94 valence electrons. The van der Waals surface area contributed by atoms with E-state index in [2.05, 4.69) is 17.2 Å². The van der Waals surface area contributed by atoms with Gasteiger partial charge in [0.2, 0.25) is 0 Å². The Balaban J connectivity index is 2.89. The maximum atomic E-state index is 5.36. The van der Waals surface area contributed by atoms with Crippen LogP contribution in [0.5, 0.6) is 0 Å². The quantitative estimate of drug-likeness (QED) is 0.417. The first-order valence-electron chi connectivity index (χ1n) is 5.66. The van der Waals surface area contributed by atoms with Crippen LogP contribution in [0.1, 0.15) is 13.3 Å². The van der Waals surface area contributed by atoms with Crippen molar-refractivity contribution in [2.45, 2.75) is 13.3 Å². The van der Waals surface area contributed by atoms with E-state index in [9.17, 15) is 0 Å². The summed E-state index contributed by atoms with van der Waals surface area (Å²) in [5.41, 5.74) is 0. The zero-order valence-corrected chi connectivity index (χ0v) is 10.4. The Labute approximate surface area is 98.6 Å². The highest BCUT2D eigenvalue weighted by Gasteiger charge is 1.90. The first-order chi connectivity index (χ1) is 7.91. The largest absolute Gasteiger partial charge is 0.382 e. The number of methoxy groups -OCH3 is 1. The molecular weight excluding hydrogens is 206 g/mol. The van der Waals surface area contributed by atoms with Gasteiger partial charge in [-0.3, -0.25) is 0 Å². The summed E-state index contributed by atoms with van der Waals surface area (Å²) in [6.07, 6.45) is 0.899. The molecule has 0 spiro atoms. The van der Waals surface area contributed by atoms with Gasteiger partial charge in [-0.15, -0.1) is 11.8 Å². The fraction of sp³-hybridized carbons (Fsp3) is 0.833. The van der Waals surface area contributed by atoms with Gasteiger partial charge in [-0.05, 0) is 6.92 Å². The van der Waals surface area contributed by atoms with E-state index in [1.165, 1.54) is 0 Å². The summed E-state index contributed by atoms with van der Waals surface area (Å²) in [6, 6.07) is 0. The predicted molar refractivity (Wildman–Crippen MR) is 64.5 cm³/mol. The van der Waals surface area contributed by atoms with Crippen LogP contribution >= 0.6 is 0 Å². The smallest absolute Gasteiger partial charge is 0.0701 e. The van der Waals surface area contributed by atoms with Gasteiger partial charge in [-0.2, -0.15) is 0 Å². The van der Waals surface area contributed by atoms with Gasteiger partial charge in [0.05, 0.1) is 33.0 Å². The van der Waals surface area contributed by atoms with Crippen LogP contribution in [0.4, 0.5) is 0 Å². The molecule has 0 rings (SSSR count). The van der Waals surface area contributed by atoms with Crippen LogP contribution < -0.4 is 5.32 Å². The molecule has 0 aliphatic heterocycles. The fourth-order valence-electron chi connectivity index (χ4n) is 1.01. The standard InChI is InChI=1S/C12H23NO3/c1-3-4-5-6-13-7-8-15-11-12-16-10-9-14-2/h13H,5-12H2,1-2H3. The van der Waals surface area contributed by atoms with Crippen LogP contribution in [0.2, 0.25) is 0 Å². The van der Waals surface area contributed by atoms with Crippen molar-refractivity contribution in [1.29, 1.82) is 0 Å². The van der Waals surface area contributed by atoms with Crippen LogP contribution in [0.25, 0.3) is 0 Å². The van der Waals surface area contributed by atoms with Crippen molar-refractivity contribution in [3.8, 4) is 11.8 Å². The highest BCUT2D eigenvalue weighted by molar-refractivity contribution is 4.94. The molecule has 0 bridgehead atoms. The third-order valence-electron chi connectivity index (χ3n) is 1.83. The van der Waals surface area contributed by atoms with Crippen molar-refractivity contribution in [2.75, 3.05) is 53.2 Å². The Morgan fingerprint density at radius 2 is 1.62 bits per heavy atom. The molecule has 0 aliphatic carbocycles. The third kappa shape index (κ3) is 13.4. The molecule has 4 heteroatoms. The monoisotopic (exact) mass is 229 g/mol. The maximum Gasteiger partial charge on any atom is 0.0701 e. The summed E-state index contributed by atoms with van der Waals surface area (Å²) < 4.78 is 15.4. The van der Waals surface area contributed by atoms with Gasteiger partial charge < -0.3 is 19.5 Å². The molecule has 0 aromatic rings. The second-order valence-electron chi connectivity index (χ2n) is 3.14. The summed E-state index contributed by atoms with van der Waals surface area (Å²) in [5, 5.41) is 3.24. The topological polar surface area (TPSA) is 39.7 Å². The first-order valence-corrected chi connectivity index (χ1v) is 5.66. The first kappa shape index (κ1) is 15.4. The molecule has 0 aromatic carbocycles. The van der Waals surface area contributed by atoms with Gasteiger partial charge >= 0.3 is 0 Å². The van der Waals surface area contributed by atoms with E-state index < -0.39 is 0 Å². The second kappa shape index (κ2) is 14.4. The summed E-state index contributed by atoms with van der Waals surface area (Å²) >= 11 is 0. The van der Waals surface area contributed by atoms with Gasteiger partial charge in [-0.1, -0.05) is 0 Å². The Bertz CT molecular complexity index is 186. The molecule has 0 heterocycles. The van der Waals surface area contributed by atoms with Crippen LogP contribution in [0.3, 0.4) is 0 Å². The summed E-state index contributed by atoms with van der Waals surface area (Å²) in [6.45, 7) is 6.90. The van der Waals surface area contributed by atoms with Gasteiger partial charge in [0, 0.05) is 26.6 Å². The number of hydrogen-bond donors (Lipinski definition) is 1. The molecule has 0 aromatic heterocycles. The second-order valence-corrected chi connectivity index (χ2v) is 3.14. The molecule has 0 saturated heterocycles. The highest BCUT2D eigenvalue weighted by Crippen LogP contribution is 1.79. The average Bonchev–Trinajstić information content (AvgIpc) is 2.31. The average molecular weight is 229 g/mol. The molecule has 1 N–H and O–H groups in total. The van der Waals surface area contributed by atoms with Gasteiger partial charge in [-0.25, -0.2) is 0 Å². The lowest BCUT2D eigenvalue weighted by molar-refractivity contribution is 0.0256. The minimum atomic E-state index is 0.630. The normalized spacial score (nSPS) is 9.88. The SMILES string of the molecule is CC#CCCNCCOCCOCCOC. The molecule has 0 atom stereocenters. The van der Waals surface area contributed by atoms with E-state index in [1.807, 2.05) is 6.92 Å². The Hall–Kier alpha value is -0.600. The Morgan fingerprint density at radius 1 is 0.938 bits per heavy atom. The maximum absolute atomic E-state index is 5.36. The van der Waals surface area contributed by atoms with E-state index in [0.717, 1.165) is 19.5 Å². The highest BCUT2D eigenvalue weighted by atomic mass is 16.5. The predicted octanol–water partition coefficient (Wildman–Crippen LogP) is 0.669. The van der Waals surface area contributed by atoms with Crippen molar-refractivity contribution < 1.29 is 14.2 Å². The van der Waals surface area contributed by atoms with Crippen molar-refractivity contribution >= 4 is 0 Å². The minimum absolute atomic E-state index is 0.630. The Kier molecular flexibility index (Phi) is 13.9. The zero-order valence-electron chi connectivity index (χ0n) is 10.4. The molecule has 0 fully saturated rings. The van der Waals surface area contributed by atoms with Gasteiger partial charge in [0.15, 0.2) is 0 Å². The number of hydrogen-bond acceptors (Lipinski definition) is 4. The lowest BCUT2D eigenvalue weighted by Gasteiger charge is -2.05. The van der Waals surface area contributed by atoms with Gasteiger partial charge in [0.25, 0.3) is 0 Å². The number of rotatable bonds is 11. The summed E-state index contributed by atoms with van der Waals surface area (Å²) in [7, 11) is 1.66. The number of nitrogens with one attached hydrogen (secondary N) is 1. The van der Waals surface area contributed by atoms with E-state index in [1.54, 1.807) is 7.11 Å². The number of ether oxygens (including phenoxy) is 3. The van der Waals surface area contributed by atoms with E-state index in [4.69, 9.17) is 14.2 Å². The lowest BCUT2D eigenvalue weighted by atomic mass is 10.4. The molecule has 0 unspecified atom stereocenters. The van der Waals surface area contributed by atoms with Crippen molar-refractivity contribution in [3.05, 3.63) is 0 Å². The molecule has 0 saturated carbocycles. The summed E-state index contributed by atoms with van der Waals surface area (Å²) in [4.78, 5) is 0. The van der Waals surface area contributed by atoms with Gasteiger partial charge in [0.1, 0.15) is 0 Å². The lowest BCUT2D eigenvalue weighted by Crippen LogP contribution is -2.21. The molecule has 0 amide bonds. The molecular formula is C12H23NO3.